The van der Waals surface area contributed by atoms with Crippen LogP contribution in [0.4, 0.5) is 5.69 Å². The monoisotopic (exact) mass is 390 g/mol. The van der Waals surface area contributed by atoms with Gasteiger partial charge in [0, 0.05) is 58.5 Å². The minimum atomic E-state index is 0.552. The number of guanidine groups is 1. The fourth-order valence-electron chi connectivity index (χ4n) is 3.83. The van der Waals surface area contributed by atoms with Gasteiger partial charge >= 0.3 is 0 Å². The van der Waals surface area contributed by atoms with Crippen LogP contribution in [-0.4, -0.2) is 84.2 Å². The molecule has 0 bridgehead atoms. The molecule has 28 heavy (non-hydrogen) atoms. The number of ether oxygens (including phenoxy) is 3. The molecule has 3 rings (SSSR count). The zero-order chi connectivity index (χ0) is 19.6. The van der Waals surface area contributed by atoms with Gasteiger partial charge in [0.1, 0.15) is 0 Å². The van der Waals surface area contributed by atoms with Crippen molar-refractivity contribution in [2.45, 2.75) is 13.0 Å². The maximum absolute atomic E-state index is 5.70. The molecule has 156 valence electrons. The fraction of sp³-hybridized carbons (Fsp3) is 0.667. The molecule has 2 aliphatic heterocycles. The lowest BCUT2D eigenvalue weighted by molar-refractivity contribution is 0.0536. The van der Waals surface area contributed by atoms with E-state index >= 15 is 0 Å². The number of benzene rings is 1. The van der Waals surface area contributed by atoms with Gasteiger partial charge in [-0.25, -0.2) is 0 Å². The van der Waals surface area contributed by atoms with Crippen LogP contribution in [0.3, 0.4) is 0 Å². The number of aliphatic imine (C=N–C) groups is 1. The fourth-order valence-corrected chi connectivity index (χ4v) is 3.83. The van der Waals surface area contributed by atoms with E-state index in [-0.39, 0.29) is 0 Å². The zero-order valence-corrected chi connectivity index (χ0v) is 17.2. The highest BCUT2D eigenvalue weighted by Crippen LogP contribution is 2.22. The molecule has 0 aliphatic carbocycles. The third kappa shape index (κ3) is 5.83. The van der Waals surface area contributed by atoms with Gasteiger partial charge in [-0.05, 0) is 18.1 Å². The third-order valence-corrected chi connectivity index (χ3v) is 5.36. The molecule has 1 aromatic carbocycles. The number of morpholine rings is 1. The van der Waals surface area contributed by atoms with Crippen LogP contribution in [0.5, 0.6) is 0 Å². The molecule has 1 N–H and O–H groups in total. The Balaban J connectivity index is 1.51. The van der Waals surface area contributed by atoms with Crippen LogP contribution in [0.2, 0.25) is 0 Å². The Labute approximate surface area is 168 Å². The van der Waals surface area contributed by atoms with Gasteiger partial charge in [-0.1, -0.05) is 18.2 Å². The first kappa shape index (κ1) is 20.9. The van der Waals surface area contributed by atoms with Gasteiger partial charge in [0.05, 0.1) is 33.0 Å². The number of nitrogens with zero attached hydrogens (tertiary/aromatic N) is 3. The number of methoxy groups -OCH3 is 1. The molecule has 1 aromatic rings. The number of nitrogens with one attached hydrogen (secondary N) is 1. The van der Waals surface area contributed by atoms with E-state index in [9.17, 15) is 0 Å². The lowest BCUT2D eigenvalue weighted by Crippen LogP contribution is -2.41. The van der Waals surface area contributed by atoms with Crippen molar-refractivity contribution in [3.8, 4) is 0 Å². The van der Waals surface area contributed by atoms with E-state index in [0.29, 0.717) is 19.1 Å². The molecule has 1 atom stereocenters. The topological polar surface area (TPSA) is 58.6 Å². The first-order chi connectivity index (χ1) is 13.8. The molecule has 7 heteroatoms. The highest BCUT2D eigenvalue weighted by Gasteiger charge is 2.25. The van der Waals surface area contributed by atoms with Crippen LogP contribution < -0.4 is 10.2 Å². The van der Waals surface area contributed by atoms with E-state index in [1.54, 1.807) is 7.11 Å². The van der Waals surface area contributed by atoms with E-state index in [1.807, 2.05) is 7.05 Å². The van der Waals surface area contributed by atoms with E-state index in [0.717, 1.165) is 64.9 Å². The summed E-state index contributed by atoms with van der Waals surface area (Å²) in [5.74, 6) is 1.52. The normalized spacial score (nSPS) is 20.6. The number of likely N-dealkylation sites (tertiary alicyclic amines) is 1. The molecule has 0 radical (unpaired) electrons. The van der Waals surface area contributed by atoms with Gasteiger partial charge in [-0.2, -0.15) is 0 Å². The predicted octanol–water partition coefficient (Wildman–Crippen LogP) is 1.58. The Bertz CT molecular complexity index is 619. The van der Waals surface area contributed by atoms with Crippen molar-refractivity contribution in [3.05, 3.63) is 29.8 Å². The van der Waals surface area contributed by atoms with Gasteiger partial charge in [-0.15, -0.1) is 0 Å². The maximum Gasteiger partial charge on any atom is 0.193 e. The minimum absolute atomic E-state index is 0.552. The Hall–Kier alpha value is -1.83. The molecule has 2 aliphatic rings. The third-order valence-electron chi connectivity index (χ3n) is 5.36. The summed E-state index contributed by atoms with van der Waals surface area (Å²) in [6, 6.07) is 8.61. The average molecular weight is 391 g/mol. The second-order valence-electron chi connectivity index (χ2n) is 7.30. The number of rotatable bonds is 8. The summed E-state index contributed by atoms with van der Waals surface area (Å²) in [5.41, 5.74) is 2.59. The van der Waals surface area contributed by atoms with E-state index < -0.39 is 0 Å². The van der Waals surface area contributed by atoms with Crippen molar-refractivity contribution < 1.29 is 14.2 Å². The smallest absolute Gasteiger partial charge is 0.193 e. The van der Waals surface area contributed by atoms with E-state index in [2.05, 4.69) is 44.4 Å². The number of anilines is 1. The maximum atomic E-state index is 5.70. The van der Waals surface area contributed by atoms with Crippen molar-refractivity contribution in [2.75, 3.05) is 78.3 Å². The number of hydrogen-bond acceptors (Lipinski definition) is 5. The van der Waals surface area contributed by atoms with Gasteiger partial charge in [0.25, 0.3) is 0 Å². The predicted molar refractivity (Wildman–Crippen MR) is 112 cm³/mol. The SMILES string of the molecule is CN=C(NCc1ccccc1N1CCOCC1)N1CCC(COCCOC)C1. The second-order valence-corrected chi connectivity index (χ2v) is 7.30. The number of para-hydroxylation sites is 1. The molecule has 2 saturated heterocycles. The second kappa shape index (κ2) is 11.2. The van der Waals surface area contributed by atoms with Gasteiger partial charge in [-0.3, -0.25) is 4.99 Å². The lowest BCUT2D eigenvalue weighted by Gasteiger charge is -2.31. The average Bonchev–Trinajstić information content (AvgIpc) is 3.21. The zero-order valence-electron chi connectivity index (χ0n) is 17.2. The summed E-state index contributed by atoms with van der Waals surface area (Å²) in [6.45, 7) is 8.37. The van der Waals surface area contributed by atoms with Crippen LogP contribution in [0, 0.1) is 5.92 Å². The first-order valence-electron chi connectivity index (χ1n) is 10.2. The van der Waals surface area contributed by atoms with Crippen LogP contribution in [0.15, 0.2) is 29.3 Å². The highest BCUT2D eigenvalue weighted by molar-refractivity contribution is 5.80. The van der Waals surface area contributed by atoms with Crippen LogP contribution in [0.1, 0.15) is 12.0 Å². The largest absolute Gasteiger partial charge is 0.382 e. The highest BCUT2D eigenvalue weighted by atomic mass is 16.5. The minimum Gasteiger partial charge on any atom is -0.382 e. The van der Waals surface area contributed by atoms with Crippen molar-refractivity contribution in [1.29, 1.82) is 0 Å². The van der Waals surface area contributed by atoms with Gasteiger partial charge in [0.15, 0.2) is 5.96 Å². The Morgan fingerprint density at radius 3 is 2.82 bits per heavy atom. The Morgan fingerprint density at radius 2 is 2.04 bits per heavy atom. The lowest BCUT2D eigenvalue weighted by atomic mass is 10.1. The molecule has 2 heterocycles. The number of hydrogen-bond donors (Lipinski definition) is 1. The van der Waals surface area contributed by atoms with Gasteiger partial charge in [0.2, 0.25) is 0 Å². The van der Waals surface area contributed by atoms with Crippen LogP contribution >= 0.6 is 0 Å². The molecule has 0 amide bonds. The summed E-state index contributed by atoms with van der Waals surface area (Å²) in [5, 5.41) is 3.56. The van der Waals surface area contributed by atoms with Crippen molar-refractivity contribution >= 4 is 11.6 Å². The molecule has 0 spiro atoms. The van der Waals surface area contributed by atoms with Crippen LogP contribution in [-0.2, 0) is 20.8 Å². The quantitative estimate of drug-likeness (QED) is 0.413. The molecule has 7 nitrogen and oxygen atoms in total. The summed E-state index contributed by atoms with van der Waals surface area (Å²) >= 11 is 0. The van der Waals surface area contributed by atoms with Crippen LogP contribution in [0.25, 0.3) is 0 Å². The van der Waals surface area contributed by atoms with Gasteiger partial charge < -0.3 is 29.3 Å². The molecule has 2 fully saturated rings. The summed E-state index contributed by atoms with van der Waals surface area (Å²) < 4.78 is 16.2. The standard InChI is InChI=1S/C21H34N4O3/c1-22-21(25-8-7-18(16-25)17-28-14-13-26-2)23-15-19-5-3-4-6-20(19)24-9-11-27-12-10-24/h3-6,18H,7-17H2,1-2H3,(H,22,23). The first-order valence-corrected chi connectivity index (χ1v) is 10.2. The Kier molecular flexibility index (Phi) is 8.39. The summed E-state index contributed by atoms with van der Waals surface area (Å²) in [7, 11) is 3.56. The Morgan fingerprint density at radius 1 is 1.21 bits per heavy atom. The molecule has 0 saturated carbocycles. The summed E-state index contributed by atoms with van der Waals surface area (Å²) in [6.07, 6.45) is 1.14. The molecule has 1 unspecified atom stereocenters. The van der Waals surface area contributed by atoms with Crippen molar-refractivity contribution in [3.63, 3.8) is 0 Å². The van der Waals surface area contributed by atoms with Crippen molar-refractivity contribution in [1.82, 2.24) is 10.2 Å². The molecular weight excluding hydrogens is 356 g/mol. The summed E-state index contributed by atoms with van der Waals surface area (Å²) in [4.78, 5) is 9.25. The van der Waals surface area contributed by atoms with Crippen molar-refractivity contribution in [2.24, 2.45) is 10.9 Å². The molecule has 0 aromatic heterocycles. The van der Waals surface area contributed by atoms with E-state index in [4.69, 9.17) is 14.2 Å². The molecular formula is C21H34N4O3. The van der Waals surface area contributed by atoms with E-state index in [1.165, 1.54) is 11.3 Å².